The lowest BCUT2D eigenvalue weighted by Gasteiger charge is -2.21. The Bertz CT molecular complexity index is 879. The van der Waals surface area contributed by atoms with E-state index in [0.717, 1.165) is 5.56 Å². The van der Waals surface area contributed by atoms with Gasteiger partial charge < -0.3 is 15.4 Å². The molecule has 0 radical (unpaired) electrons. The molecule has 2 amide bonds. The number of nitrogens with one attached hydrogen (secondary N) is 2. The molecule has 2 aromatic carbocycles. The standard InChI is InChI=1S/C24H29FN2O4/c1-16(2)22(27-23(29)19-9-11-20(25)12-10-19)24(30)31-15-14-26-21(28)13-8-18-6-4-17(3)5-7-18/h4-7,9-12,16,22H,8,13-15H2,1-3H3,(H,26,28)(H,27,29). The zero-order valence-electron chi connectivity index (χ0n) is 18.1. The zero-order valence-corrected chi connectivity index (χ0v) is 18.1. The molecule has 0 saturated carbocycles. The summed E-state index contributed by atoms with van der Waals surface area (Å²) in [5.74, 6) is -1.85. The van der Waals surface area contributed by atoms with Gasteiger partial charge in [-0.15, -0.1) is 0 Å². The molecule has 0 aliphatic heterocycles. The molecule has 2 aromatic rings. The van der Waals surface area contributed by atoms with Crippen molar-refractivity contribution in [3.63, 3.8) is 0 Å². The Hall–Kier alpha value is -3.22. The summed E-state index contributed by atoms with van der Waals surface area (Å²) in [7, 11) is 0. The van der Waals surface area contributed by atoms with E-state index in [1.165, 1.54) is 29.8 Å². The van der Waals surface area contributed by atoms with Crippen molar-refractivity contribution in [2.45, 2.75) is 39.7 Å². The van der Waals surface area contributed by atoms with Crippen LogP contribution >= 0.6 is 0 Å². The molecular formula is C24H29FN2O4. The molecule has 1 unspecified atom stereocenters. The first-order valence-electron chi connectivity index (χ1n) is 10.3. The third-order valence-corrected chi connectivity index (χ3v) is 4.74. The van der Waals surface area contributed by atoms with Gasteiger partial charge in [0.15, 0.2) is 0 Å². The first-order valence-corrected chi connectivity index (χ1v) is 10.3. The maximum atomic E-state index is 13.0. The lowest BCUT2D eigenvalue weighted by molar-refractivity contribution is -0.147. The third kappa shape index (κ3) is 8.20. The van der Waals surface area contributed by atoms with Crippen LogP contribution in [0.4, 0.5) is 4.39 Å². The average molecular weight is 429 g/mol. The average Bonchev–Trinajstić information content (AvgIpc) is 2.74. The number of benzene rings is 2. The van der Waals surface area contributed by atoms with Gasteiger partial charge in [-0.1, -0.05) is 43.7 Å². The highest BCUT2D eigenvalue weighted by Gasteiger charge is 2.26. The molecule has 2 rings (SSSR count). The maximum absolute atomic E-state index is 13.0. The van der Waals surface area contributed by atoms with Gasteiger partial charge in [0.2, 0.25) is 5.91 Å². The van der Waals surface area contributed by atoms with E-state index in [0.29, 0.717) is 12.8 Å². The summed E-state index contributed by atoms with van der Waals surface area (Å²) in [6.45, 7) is 5.77. The molecule has 1 atom stereocenters. The Morgan fingerprint density at radius 1 is 1.00 bits per heavy atom. The molecule has 0 saturated heterocycles. The lowest BCUT2D eigenvalue weighted by atomic mass is 10.0. The molecule has 6 nitrogen and oxygen atoms in total. The first-order chi connectivity index (χ1) is 14.8. The summed E-state index contributed by atoms with van der Waals surface area (Å²) in [6, 6.07) is 12.2. The lowest BCUT2D eigenvalue weighted by Crippen LogP contribution is -2.45. The van der Waals surface area contributed by atoms with Crippen LogP contribution in [0, 0.1) is 18.7 Å². The van der Waals surface area contributed by atoms with Crippen LogP contribution < -0.4 is 10.6 Å². The fourth-order valence-electron chi connectivity index (χ4n) is 2.86. The van der Waals surface area contributed by atoms with E-state index in [9.17, 15) is 18.8 Å². The number of carbonyl (C=O) groups excluding carboxylic acids is 3. The Labute approximate surface area is 182 Å². The van der Waals surface area contributed by atoms with Crippen LogP contribution in [0.25, 0.3) is 0 Å². The number of aryl methyl sites for hydroxylation is 2. The van der Waals surface area contributed by atoms with Gasteiger partial charge in [0.1, 0.15) is 18.5 Å². The highest BCUT2D eigenvalue weighted by Crippen LogP contribution is 2.08. The van der Waals surface area contributed by atoms with Crippen LogP contribution in [0.1, 0.15) is 41.8 Å². The molecular weight excluding hydrogens is 399 g/mol. The van der Waals surface area contributed by atoms with Crippen molar-refractivity contribution >= 4 is 17.8 Å². The van der Waals surface area contributed by atoms with Crippen LogP contribution in [-0.4, -0.2) is 37.0 Å². The van der Waals surface area contributed by atoms with Gasteiger partial charge in [0, 0.05) is 12.0 Å². The van der Waals surface area contributed by atoms with Crippen molar-refractivity contribution in [1.29, 1.82) is 0 Å². The number of hydrogen-bond acceptors (Lipinski definition) is 4. The number of halogens is 1. The second-order valence-corrected chi connectivity index (χ2v) is 7.71. The van der Waals surface area contributed by atoms with Gasteiger partial charge in [-0.25, -0.2) is 9.18 Å². The van der Waals surface area contributed by atoms with Crippen molar-refractivity contribution < 1.29 is 23.5 Å². The van der Waals surface area contributed by atoms with Crippen LogP contribution in [0.2, 0.25) is 0 Å². The molecule has 7 heteroatoms. The highest BCUT2D eigenvalue weighted by molar-refractivity contribution is 5.96. The van der Waals surface area contributed by atoms with E-state index in [1.807, 2.05) is 31.2 Å². The van der Waals surface area contributed by atoms with E-state index in [4.69, 9.17) is 4.74 Å². The molecule has 31 heavy (non-hydrogen) atoms. The topological polar surface area (TPSA) is 84.5 Å². The summed E-state index contributed by atoms with van der Waals surface area (Å²) < 4.78 is 18.2. The summed E-state index contributed by atoms with van der Waals surface area (Å²) >= 11 is 0. The maximum Gasteiger partial charge on any atom is 0.328 e. The number of amides is 2. The largest absolute Gasteiger partial charge is 0.462 e. The fraction of sp³-hybridized carbons (Fsp3) is 0.375. The Morgan fingerprint density at radius 3 is 2.26 bits per heavy atom. The molecule has 0 heterocycles. The minimum Gasteiger partial charge on any atom is -0.462 e. The number of carbonyl (C=O) groups is 3. The van der Waals surface area contributed by atoms with Crippen molar-refractivity contribution in [2.24, 2.45) is 5.92 Å². The SMILES string of the molecule is Cc1ccc(CCC(=O)NCCOC(=O)C(NC(=O)c2ccc(F)cc2)C(C)C)cc1. The van der Waals surface area contributed by atoms with E-state index in [1.54, 1.807) is 13.8 Å². The number of rotatable bonds is 10. The Kier molecular flexibility index (Phi) is 9.18. The van der Waals surface area contributed by atoms with E-state index in [2.05, 4.69) is 10.6 Å². The molecule has 0 bridgehead atoms. The van der Waals surface area contributed by atoms with Crippen LogP contribution in [-0.2, 0) is 20.7 Å². The van der Waals surface area contributed by atoms with Gasteiger partial charge in [-0.3, -0.25) is 9.59 Å². The van der Waals surface area contributed by atoms with Gasteiger partial charge in [0.05, 0.1) is 6.54 Å². The molecule has 0 aromatic heterocycles. The Balaban J connectivity index is 1.73. The summed E-state index contributed by atoms with van der Waals surface area (Å²) in [5.41, 5.74) is 2.51. The number of esters is 1. The van der Waals surface area contributed by atoms with Gasteiger partial charge in [-0.2, -0.15) is 0 Å². The fourth-order valence-corrected chi connectivity index (χ4v) is 2.86. The number of ether oxygens (including phenoxy) is 1. The Morgan fingerprint density at radius 2 is 1.65 bits per heavy atom. The second-order valence-electron chi connectivity index (χ2n) is 7.71. The van der Waals surface area contributed by atoms with Crippen molar-refractivity contribution in [2.75, 3.05) is 13.2 Å². The van der Waals surface area contributed by atoms with Gasteiger partial charge in [-0.05, 0) is 49.1 Å². The molecule has 0 fully saturated rings. The molecule has 0 aliphatic rings. The van der Waals surface area contributed by atoms with E-state index in [-0.39, 0.29) is 30.5 Å². The van der Waals surface area contributed by atoms with E-state index >= 15 is 0 Å². The molecule has 0 spiro atoms. The minimum absolute atomic E-state index is 0.00471. The normalized spacial score (nSPS) is 11.6. The highest BCUT2D eigenvalue weighted by atomic mass is 19.1. The molecule has 0 aliphatic carbocycles. The zero-order chi connectivity index (χ0) is 22.8. The van der Waals surface area contributed by atoms with Crippen LogP contribution in [0.15, 0.2) is 48.5 Å². The molecule has 2 N–H and O–H groups in total. The van der Waals surface area contributed by atoms with Crippen molar-refractivity contribution in [1.82, 2.24) is 10.6 Å². The first kappa shape index (κ1) is 24.1. The second kappa shape index (κ2) is 11.8. The van der Waals surface area contributed by atoms with E-state index < -0.39 is 23.7 Å². The third-order valence-electron chi connectivity index (χ3n) is 4.74. The van der Waals surface area contributed by atoms with Crippen molar-refractivity contribution in [3.05, 3.63) is 71.0 Å². The van der Waals surface area contributed by atoms with Gasteiger partial charge >= 0.3 is 5.97 Å². The van der Waals surface area contributed by atoms with Gasteiger partial charge in [0.25, 0.3) is 5.91 Å². The number of hydrogen-bond donors (Lipinski definition) is 2. The predicted molar refractivity (Wildman–Crippen MR) is 116 cm³/mol. The summed E-state index contributed by atoms with van der Waals surface area (Å²) in [6.07, 6.45) is 0.982. The minimum atomic E-state index is -0.852. The monoisotopic (exact) mass is 428 g/mol. The quantitative estimate of drug-likeness (QED) is 0.450. The molecule has 166 valence electrons. The predicted octanol–water partition coefficient (Wildman–Crippen LogP) is 3.18. The summed E-state index contributed by atoms with van der Waals surface area (Å²) in [4.78, 5) is 36.6. The smallest absolute Gasteiger partial charge is 0.328 e. The summed E-state index contributed by atoms with van der Waals surface area (Å²) in [5, 5.41) is 5.34. The van der Waals surface area contributed by atoms with Crippen molar-refractivity contribution in [3.8, 4) is 0 Å². The van der Waals surface area contributed by atoms with Crippen LogP contribution in [0.5, 0.6) is 0 Å². The van der Waals surface area contributed by atoms with Crippen LogP contribution in [0.3, 0.4) is 0 Å².